The molecule has 0 unspecified atom stereocenters. The molecule has 16 heavy (non-hydrogen) atoms. The van der Waals surface area contributed by atoms with Crippen LogP contribution in [0.5, 0.6) is 0 Å². The van der Waals surface area contributed by atoms with E-state index < -0.39 is 5.82 Å². The Balaban J connectivity index is 2.68. The maximum absolute atomic E-state index is 13.5. The normalized spacial score (nSPS) is 10.1. The van der Waals surface area contributed by atoms with Crippen molar-refractivity contribution in [2.45, 2.75) is 0 Å². The molecule has 0 atom stereocenters. The predicted molar refractivity (Wildman–Crippen MR) is 58.3 cm³/mol. The van der Waals surface area contributed by atoms with Crippen LogP contribution in [0.2, 0.25) is 5.15 Å². The summed E-state index contributed by atoms with van der Waals surface area (Å²) in [5.74, 6) is -0.0450. The minimum absolute atomic E-state index is 0.0863. The Labute approximate surface area is 96.7 Å². The molecule has 5 heteroatoms. The lowest BCUT2D eigenvalue weighted by molar-refractivity contribution is 0.628. The van der Waals surface area contributed by atoms with Crippen LogP contribution in [0.4, 0.5) is 4.39 Å². The van der Waals surface area contributed by atoms with Gasteiger partial charge in [0.05, 0.1) is 5.56 Å². The maximum Gasteiger partial charge on any atom is 0.166 e. The summed E-state index contributed by atoms with van der Waals surface area (Å²) >= 11 is 5.78. The summed E-state index contributed by atoms with van der Waals surface area (Å²) in [6.45, 7) is 0. The van der Waals surface area contributed by atoms with E-state index in [0.717, 1.165) is 0 Å². The Kier molecular flexibility index (Phi) is 2.63. The lowest BCUT2D eigenvalue weighted by Gasteiger charge is -2.02. The average molecular weight is 236 g/mol. The van der Waals surface area contributed by atoms with Gasteiger partial charge in [-0.05, 0) is 12.1 Å². The van der Waals surface area contributed by atoms with E-state index >= 15 is 0 Å². The Bertz CT molecular complexity index is 583. The zero-order valence-corrected chi connectivity index (χ0v) is 9.16. The molecule has 0 radical (unpaired) electrons. The smallest absolute Gasteiger partial charge is 0.166 e. The van der Waals surface area contributed by atoms with E-state index in [2.05, 4.69) is 4.98 Å². The van der Waals surface area contributed by atoms with Gasteiger partial charge in [0.15, 0.2) is 10.8 Å². The second kappa shape index (κ2) is 3.95. The monoisotopic (exact) mass is 235 g/mol. The zero-order valence-electron chi connectivity index (χ0n) is 8.41. The van der Waals surface area contributed by atoms with E-state index in [9.17, 15) is 4.39 Å². The van der Waals surface area contributed by atoms with Gasteiger partial charge in [-0.1, -0.05) is 23.7 Å². The quantitative estimate of drug-likeness (QED) is 0.763. The molecule has 0 fully saturated rings. The molecule has 0 aliphatic carbocycles. The highest BCUT2D eigenvalue weighted by atomic mass is 35.5. The highest BCUT2D eigenvalue weighted by molar-refractivity contribution is 6.30. The van der Waals surface area contributed by atoms with Crippen LogP contribution in [0.25, 0.3) is 11.4 Å². The van der Waals surface area contributed by atoms with Gasteiger partial charge in [-0.15, -0.1) is 0 Å². The van der Waals surface area contributed by atoms with Gasteiger partial charge in [0, 0.05) is 7.05 Å². The molecule has 3 nitrogen and oxygen atoms in total. The molecule has 1 aromatic heterocycles. The van der Waals surface area contributed by atoms with E-state index in [-0.39, 0.29) is 10.8 Å². The van der Waals surface area contributed by atoms with Gasteiger partial charge in [-0.2, -0.15) is 5.26 Å². The lowest BCUT2D eigenvalue weighted by atomic mass is 10.2. The molecule has 0 bridgehead atoms. The van der Waals surface area contributed by atoms with Gasteiger partial charge in [-0.25, -0.2) is 9.37 Å². The van der Waals surface area contributed by atoms with Crippen molar-refractivity contribution in [3.8, 4) is 17.5 Å². The van der Waals surface area contributed by atoms with Crippen molar-refractivity contribution in [2.24, 2.45) is 7.05 Å². The second-order valence-electron chi connectivity index (χ2n) is 3.23. The van der Waals surface area contributed by atoms with Crippen LogP contribution in [0.1, 0.15) is 5.69 Å². The van der Waals surface area contributed by atoms with Gasteiger partial charge in [0.2, 0.25) is 0 Å². The highest BCUT2D eigenvalue weighted by Gasteiger charge is 2.16. The average Bonchev–Trinajstić information content (AvgIpc) is 2.55. The SMILES string of the molecule is Cn1c(-c2ccccc2F)nc(Cl)c1C#N. The molecule has 1 heterocycles. The van der Waals surface area contributed by atoms with Crippen LogP contribution in [-0.4, -0.2) is 9.55 Å². The molecule has 0 aliphatic heterocycles. The molecule has 0 N–H and O–H groups in total. The maximum atomic E-state index is 13.5. The van der Waals surface area contributed by atoms with Crippen LogP contribution in [-0.2, 0) is 7.05 Å². The fraction of sp³-hybridized carbons (Fsp3) is 0.0909. The molecular formula is C11H7ClFN3. The van der Waals surface area contributed by atoms with Crippen LogP contribution >= 0.6 is 11.6 Å². The fourth-order valence-corrected chi connectivity index (χ4v) is 1.72. The summed E-state index contributed by atoms with van der Waals surface area (Å²) in [6.07, 6.45) is 0. The molecular weight excluding hydrogens is 229 g/mol. The summed E-state index contributed by atoms with van der Waals surface area (Å²) in [4.78, 5) is 3.98. The van der Waals surface area contributed by atoms with Gasteiger partial charge in [0.25, 0.3) is 0 Å². The summed E-state index contributed by atoms with van der Waals surface area (Å²) in [6, 6.07) is 8.14. The fourth-order valence-electron chi connectivity index (χ4n) is 1.47. The van der Waals surface area contributed by atoms with Crippen LogP contribution in [0, 0.1) is 17.1 Å². The number of imidazole rings is 1. The molecule has 2 aromatic rings. The third-order valence-corrected chi connectivity index (χ3v) is 2.54. The Hall–Kier alpha value is -1.86. The summed E-state index contributed by atoms with van der Waals surface area (Å²) in [5.41, 5.74) is 0.549. The first-order valence-corrected chi connectivity index (χ1v) is 4.90. The third kappa shape index (κ3) is 1.55. The van der Waals surface area contributed by atoms with E-state index in [1.807, 2.05) is 6.07 Å². The Morgan fingerprint density at radius 1 is 1.44 bits per heavy atom. The van der Waals surface area contributed by atoms with E-state index in [0.29, 0.717) is 11.4 Å². The number of benzene rings is 1. The van der Waals surface area contributed by atoms with Crippen molar-refractivity contribution in [2.75, 3.05) is 0 Å². The molecule has 1 aromatic carbocycles. The third-order valence-electron chi connectivity index (χ3n) is 2.27. The minimum Gasteiger partial charge on any atom is -0.318 e. The first-order valence-electron chi connectivity index (χ1n) is 4.52. The summed E-state index contributed by atoms with van der Waals surface area (Å²) < 4.78 is 15.0. The first-order chi connectivity index (χ1) is 7.65. The molecule has 2 rings (SSSR count). The molecule has 0 saturated heterocycles. The van der Waals surface area contributed by atoms with Crippen molar-refractivity contribution in [1.29, 1.82) is 5.26 Å². The van der Waals surface area contributed by atoms with E-state index in [1.165, 1.54) is 10.6 Å². The molecule has 0 saturated carbocycles. The van der Waals surface area contributed by atoms with Crippen molar-refractivity contribution >= 4 is 11.6 Å². The Morgan fingerprint density at radius 3 is 2.69 bits per heavy atom. The standard InChI is InChI=1S/C11H7ClFN3/c1-16-9(6-14)10(12)15-11(16)7-4-2-3-5-8(7)13/h2-5H,1H3. The first kappa shape index (κ1) is 10.7. The zero-order chi connectivity index (χ0) is 11.7. The van der Waals surface area contributed by atoms with Gasteiger partial charge < -0.3 is 4.57 Å². The molecule has 0 amide bonds. The second-order valence-corrected chi connectivity index (χ2v) is 3.58. The van der Waals surface area contributed by atoms with Crippen molar-refractivity contribution in [3.05, 3.63) is 40.9 Å². The van der Waals surface area contributed by atoms with Crippen LogP contribution < -0.4 is 0 Å². The number of nitriles is 1. The van der Waals surface area contributed by atoms with Crippen LogP contribution in [0.15, 0.2) is 24.3 Å². The van der Waals surface area contributed by atoms with Gasteiger partial charge in [0.1, 0.15) is 17.7 Å². The number of halogens is 2. The number of aromatic nitrogens is 2. The number of rotatable bonds is 1. The van der Waals surface area contributed by atoms with E-state index in [4.69, 9.17) is 16.9 Å². The number of hydrogen-bond donors (Lipinski definition) is 0. The summed E-state index contributed by atoms with van der Waals surface area (Å²) in [7, 11) is 1.62. The van der Waals surface area contributed by atoms with Crippen LogP contribution in [0.3, 0.4) is 0 Å². The largest absolute Gasteiger partial charge is 0.318 e. The predicted octanol–water partition coefficient (Wildman–Crippen LogP) is 2.75. The van der Waals surface area contributed by atoms with Gasteiger partial charge >= 0.3 is 0 Å². The topological polar surface area (TPSA) is 41.6 Å². The van der Waals surface area contributed by atoms with Crippen molar-refractivity contribution in [1.82, 2.24) is 9.55 Å². The Morgan fingerprint density at radius 2 is 2.12 bits per heavy atom. The molecule has 0 spiro atoms. The van der Waals surface area contributed by atoms with Crippen molar-refractivity contribution in [3.63, 3.8) is 0 Å². The lowest BCUT2D eigenvalue weighted by Crippen LogP contribution is -1.97. The van der Waals surface area contributed by atoms with E-state index in [1.54, 1.807) is 25.2 Å². The van der Waals surface area contributed by atoms with Gasteiger partial charge in [-0.3, -0.25) is 0 Å². The molecule has 80 valence electrons. The highest BCUT2D eigenvalue weighted by Crippen LogP contribution is 2.25. The van der Waals surface area contributed by atoms with Crippen molar-refractivity contribution < 1.29 is 4.39 Å². The number of hydrogen-bond acceptors (Lipinski definition) is 2. The minimum atomic E-state index is -0.392. The molecule has 0 aliphatic rings. The summed E-state index contributed by atoms with van der Waals surface area (Å²) in [5, 5.41) is 8.93. The number of nitrogens with zero attached hydrogens (tertiary/aromatic N) is 3.